The van der Waals surface area contributed by atoms with Gasteiger partial charge in [0.05, 0.1) is 16.7 Å². The van der Waals surface area contributed by atoms with Crippen molar-refractivity contribution >= 4 is 85.0 Å². The van der Waals surface area contributed by atoms with Crippen LogP contribution in [0.25, 0.3) is 90.6 Å². The van der Waals surface area contributed by atoms with Gasteiger partial charge in [0, 0.05) is 63.2 Å². The highest BCUT2D eigenvalue weighted by Gasteiger charge is 2.20. The lowest BCUT2D eigenvalue weighted by molar-refractivity contribution is 1.18. The van der Waals surface area contributed by atoms with E-state index >= 15 is 0 Å². The maximum absolute atomic E-state index is 5.21. The average Bonchev–Trinajstić information content (AvgIpc) is 3.77. The monoisotopic (exact) mass is 609 g/mol. The van der Waals surface area contributed by atoms with E-state index in [1.165, 1.54) is 52.1 Å². The molecule has 0 unspecified atom stereocenters. The van der Waals surface area contributed by atoms with Crippen LogP contribution in [0.1, 0.15) is 0 Å². The van der Waals surface area contributed by atoms with Crippen LogP contribution in [-0.2, 0) is 0 Å². The van der Waals surface area contributed by atoms with Gasteiger partial charge in [0.1, 0.15) is 4.83 Å². The minimum absolute atomic E-state index is 0.753. The van der Waals surface area contributed by atoms with Gasteiger partial charge in [-0.05, 0) is 36.4 Å². The zero-order chi connectivity index (χ0) is 29.5. The van der Waals surface area contributed by atoms with E-state index in [-0.39, 0.29) is 0 Å². The summed E-state index contributed by atoms with van der Waals surface area (Å²) in [6.07, 6.45) is 0. The van der Waals surface area contributed by atoms with Gasteiger partial charge >= 0.3 is 0 Å². The fraction of sp³-hybridized carbons (Fsp3) is 0. The Morgan fingerprint density at radius 2 is 1.11 bits per heavy atom. The zero-order valence-electron chi connectivity index (χ0n) is 23.9. The summed E-state index contributed by atoms with van der Waals surface area (Å²) < 4.78 is 6.30. The number of hydrogen-bond acceptors (Lipinski definition) is 4. The number of thiophene rings is 2. The van der Waals surface area contributed by atoms with Crippen LogP contribution in [0.5, 0.6) is 0 Å². The van der Waals surface area contributed by atoms with Gasteiger partial charge in [0.15, 0.2) is 5.82 Å². The second kappa shape index (κ2) is 9.57. The predicted molar refractivity (Wildman–Crippen MR) is 193 cm³/mol. The first kappa shape index (κ1) is 25.0. The molecule has 0 spiro atoms. The summed E-state index contributed by atoms with van der Waals surface area (Å²) in [4.78, 5) is 11.3. The van der Waals surface area contributed by atoms with Crippen LogP contribution in [0.4, 0.5) is 0 Å². The number of nitrogens with zero attached hydrogens (tertiary/aromatic N) is 3. The molecule has 0 radical (unpaired) electrons. The highest BCUT2D eigenvalue weighted by atomic mass is 32.1. The van der Waals surface area contributed by atoms with E-state index in [0.717, 1.165) is 38.5 Å². The van der Waals surface area contributed by atoms with Gasteiger partial charge in [-0.1, -0.05) is 103 Å². The molecule has 210 valence electrons. The lowest BCUT2D eigenvalue weighted by Crippen LogP contribution is -1.96. The smallest absolute Gasteiger partial charge is 0.161 e. The molecular weight excluding hydrogens is 587 g/mol. The molecule has 0 bridgehead atoms. The standard InChI is InChI=1S/C40H23N3S2/c1-2-10-25(11-3-1)39-41-37(36-30-14-6-9-17-33(30)45-40(36)42-39)24-18-20-26(21-19-24)43-31-15-7-4-12-27(31)28-22-23-34-35(38(28)43)29-13-5-8-16-32(29)44-34/h1-23H. The Bertz CT molecular complexity index is 2750. The number of rotatable bonds is 3. The number of benzene rings is 6. The van der Waals surface area contributed by atoms with E-state index in [4.69, 9.17) is 9.97 Å². The van der Waals surface area contributed by atoms with E-state index in [1.807, 2.05) is 29.5 Å². The highest BCUT2D eigenvalue weighted by molar-refractivity contribution is 7.26. The van der Waals surface area contributed by atoms with Crippen molar-refractivity contribution in [3.05, 3.63) is 140 Å². The molecule has 0 N–H and O–H groups in total. The van der Waals surface area contributed by atoms with Crippen molar-refractivity contribution < 1.29 is 0 Å². The van der Waals surface area contributed by atoms with Gasteiger partial charge in [-0.15, -0.1) is 22.7 Å². The van der Waals surface area contributed by atoms with Crippen molar-refractivity contribution in [1.29, 1.82) is 0 Å². The molecule has 10 rings (SSSR count). The third-order valence-electron chi connectivity index (χ3n) is 8.84. The maximum Gasteiger partial charge on any atom is 0.161 e. The first-order valence-electron chi connectivity index (χ1n) is 15.0. The molecule has 3 nitrogen and oxygen atoms in total. The molecule has 0 aliphatic heterocycles. The normalized spacial score (nSPS) is 12.0. The van der Waals surface area contributed by atoms with Crippen LogP contribution >= 0.6 is 22.7 Å². The Labute approximate surface area is 266 Å². The molecule has 10 aromatic rings. The Balaban J connectivity index is 1.23. The molecular formula is C40H23N3S2. The van der Waals surface area contributed by atoms with Crippen LogP contribution in [0, 0.1) is 0 Å². The van der Waals surface area contributed by atoms with Gasteiger partial charge in [0.2, 0.25) is 0 Å². The predicted octanol–water partition coefficient (Wildman–Crippen LogP) is 11.6. The average molecular weight is 610 g/mol. The highest BCUT2D eigenvalue weighted by Crippen LogP contribution is 2.44. The van der Waals surface area contributed by atoms with Crippen molar-refractivity contribution in [2.45, 2.75) is 0 Å². The topological polar surface area (TPSA) is 30.7 Å². The largest absolute Gasteiger partial charge is 0.309 e. The molecule has 45 heavy (non-hydrogen) atoms. The van der Waals surface area contributed by atoms with E-state index in [2.05, 4.69) is 126 Å². The Morgan fingerprint density at radius 1 is 0.444 bits per heavy atom. The van der Waals surface area contributed by atoms with Crippen LogP contribution < -0.4 is 0 Å². The lowest BCUT2D eigenvalue weighted by Gasteiger charge is -2.11. The molecule has 4 heterocycles. The minimum Gasteiger partial charge on any atom is -0.309 e. The summed E-state index contributed by atoms with van der Waals surface area (Å²) in [6, 6.07) is 49.9. The second-order valence-electron chi connectivity index (χ2n) is 11.4. The Morgan fingerprint density at radius 3 is 1.91 bits per heavy atom. The van der Waals surface area contributed by atoms with Crippen LogP contribution in [0.15, 0.2) is 140 Å². The van der Waals surface area contributed by atoms with Crippen molar-refractivity contribution in [2.75, 3.05) is 0 Å². The Kier molecular flexibility index (Phi) is 5.32. The van der Waals surface area contributed by atoms with Crippen LogP contribution in [0.3, 0.4) is 0 Å². The molecule has 0 saturated carbocycles. The fourth-order valence-corrected chi connectivity index (χ4v) is 9.03. The summed E-state index contributed by atoms with van der Waals surface area (Å²) in [5.41, 5.74) is 6.68. The zero-order valence-corrected chi connectivity index (χ0v) is 25.6. The molecule has 6 aromatic carbocycles. The third-order valence-corrected chi connectivity index (χ3v) is 11.0. The fourth-order valence-electron chi connectivity index (χ4n) is 6.85. The number of fused-ring (bicyclic) bond motifs is 10. The van der Waals surface area contributed by atoms with Crippen LogP contribution in [-0.4, -0.2) is 14.5 Å². The van der Waals surface area contributed by atoms with E-state index in [0.29, 0.717) is 0 Å². The molecule has 0 saturated heterocycles. The van der Waals surface area contributed by atoms with E-state index in [9.17, 15) is 0 Å². The van der Waals surface area contributed by atoms with Crippen molar-refractivity contribution in [2.24, 2.45) is 0 Å². The van der Waals surface area contributed by atoms with Crippen molar-refractivity contribution in [3.8, 4) is 28.3 Å². The number of hydrogen-bond donors (Lipinski definition) is 0. The number of para-hydroxylation sites is 1. The third kappa shape index (κ3) is 3.69. The maximum atomic E-state index is 5.21. The van der Waals surface area contributed by atoms with Crippen molar-refractivity contribution in [1.82, 2.24) is 14.5 Å². The van der Waals surface area contributed by atoms with Crippen molar-refractivity contribution in [3.63, 3.8) is 0 Å². The number of aromatic nitrogens is 3. The quantitative estimate of drug-likeness (QED) is 0.199. The van der Waals surface area contributed by atoms with Gasteiger partial charge in [0.25, 0.3) is 0 Å². The molecule has 5 heteroatoms. The SMILES string of the molecule is c1ccc(-c2nc(-c3ccc(-n4c5ccccc5c5ccc6sc7ccccc7c6c54)cc3)c3c(n2)sc2ccccc23)cc1. The summed E-state index contributed by atoms with van der Waals surface area (Å²) >= 11 is 3.60. The first-order chi connectivity index (χ1) is 22.3. The first-order valence-corrected chi connectivity index (χ1v) is 16.6. The molecule has 0 amide bonds. The Hall–Kier alpha value is -5.36. The van der Waals surface area contributed by atoms with E-state index in [1.54, 1.807) is 11.3 Å². The summed E-state index contributed by atoms with van der Waals surface area (Å²) in [7, 11) is 0. The molecule has 0 atom stereocenters. The van der Waals surface area contributed by atoms with Crippen LogP contribution in [0.2, 0.25) is 0 Å². The molecule has 0 aliphatic carbocycles. The molecule has 0 fully saturated rings. The summed E-state index contributed by atoms with van der Waals surface area (Å²) in [5, 5.41) is 7.49. The summed E-state index contributed by atoms with van der Waals surface area (Å²) in [5.74, 6) is 0.753. The van der Waals surface area contributed by atoms with Gasteiger partial charge in [-0.2, -0.15) is 0 Å². The van der Waals surface area contributed by atoms with Gasteiger partial charge in [-0.25, -0.2) is 9.97 Å². The van der Waals surface area contributed by atoms with Gasteiger partial charge in [-0.3, -0.25) is 0 Å². The molecule has 0 aliphatic rings. The lowest BCUT2D eigenvalue weighted by atomic mass is 10.0. The minimum atomic E-state index is 0.753. The van der Waals surface area contributed by atoms with E-state index < -0.39 is 0 Å². The van der Waals surface area contributed by atoms with Gasteiger partial charge < -0.3 is 4.57 Å². The second-order valence-corrected chi connectivity index (χ2v) is 13.5. The molecule has 4 aromatic heterocycles. The summed E-state index contributed by atoms with van der Waals surface area (Å²) in [6.45, 7) is 0.